The zero-order valence-corrected chi connectivity index (χ0v) is 14.2. The van der Waals surface area contributed by atoms with Crippen LogP contribution in [0.4, 0.5) is 0 Å². The van der Waals surface area contributed by atoms with E-state index in [-0.39, 0.29) is 5.91 Å². The molecule has 0 aliphatic carbocycles. The highest BCUT2D eigenvalue weighted by molar-refractivity contribution is 7.99. The second kappa shape index (κ2) is 7.79. The lowest BCUT2D eigenvalue weighted by Crippen LogP contribution is -2.27. The number of hydrogen-bond donors (Lipinski definition) is 1. The number of nitrogens with zero attached hydrogens (tertiary/aromatic N) is 3. The Balaban J connectivity index is 1.54. The normalized spacial score (nSPS) is 10.5. The van der Waals surface area contributed by atoms with Crippen LogP contribution < -0.4 is 0 Å². The molecule has 5 nitrogen and oxygen atoms in total. The first kappa shape index (κ1) is 16.3. The minimum absolute atomic E-state index is 0.0508. The summed E-state index contributed by atoms with van der Waals surface area (Å²) >= 11 is 1.34. The molecule has 1 N–H and O–H groups in total. The number of rotatable bonds is 6. The number of carbonyl (C=O) groups is 1. The smallest absolute Gasteiger partial charge is 0.233 e. The molecule has 0 radical (unpaired) electrons. The monoisotopic (exact) mass is 338 g/mol. The molecular formula is C18H18N4OS. The molecule has 1 heterocycles. The molecule has 2 aromatic carbocycles. The maximum atomic E-state index is 12.2. The molecule has 0 aliphatic heterocycles. The summed E-state index contributed by atoms with van der Waals surface area (Å²) in [6.45, 7) is 0.601. The van der Waals surface area contributed by atoms with Gasteiger partial charge in [-0.15, -0.1) is 5.10 Å². The zero-order valence-electron chi connectivity index (χ0n) is 13.3. The second-order valence-electron chi connectivity index (χ2n) is 5.36. The van der Waals surface area contributed by atoms with Gasteiger partial charge in [-0.25, -0.2) is 4.98 Å². The number of aromatic amines is 1. The fraction of sp³-hybridized carbons (Fsp3) is 0.167. The van der Waals surface area contributed by atoms with Gasteiger partial charge in [0.2, 0.25) is 11.1 Å². The van der Waals surface area contributed by atoms with Crippen molar-refractivity contribution in [3.05, 3.63) is 66.2 Å². The summed E-state index contributed by atoms with van der Waals surface area (Å²) in [6, 6.07) is 19.7. The molecule has 0 fully saturated rings. The van der Waals surface area contributed by atoms with Gasteiger partial charge < -0.3 is 4.90 Å². The Morgan fingerprint density at radius 1 is 1.08 bits per heavy atom. The quantitative estimate of drug-likeness (QED) is 0.701. The first-order chi connectivity index (χ1) is 11.7. The summed E-state index contributed by atoms with van der Waals surface area (Å²) in [5.41, 5.74) is 2.09. The Morgan fingerprint density at radius 3 is 2.46 bits per heavy atom. The van der Waals surface area contributed by atoms with Crippen LogP contribution in [0.5, 0.6) is 0 Å². The number of amides is 1. The van der Waals surface area contributed by atoms with Gasteiger partial charge in [-0.2, -0.15) is 0 Å². The molecule has 3 aromatic rings. The van der Waals surface area contributed by atoms with Gasteiger partial charge in [-0.3, -0.25) is 9.89 Å². The molecule has 1 aromatic heterocycles. The summed E-state index contributed by atoms with van der Waals surface area (Å²) in [5, 5.41) is 7.65. The lowest BCUT2D eigenvalue weighted by atomic mass is 10.2. The van der Waals surface area contributed by atoms with Gasteiger partial charge in [0.05, 0.1) is 5.75 Å². The number of hydrogen-bond acceptors (Lipinski definition) is 4. The average molecular weight is 338 g/mol. The fourth-order valence-corrected chi connectivity index (χ4v) is 2.96. The Bertz CT molecular complexity index is 789. The minimum Gasteiger partial charge on any atom is -0.341 e. The summed E-state index contributed by atoms with van der Waals surface area (Å²) in [5.74, 6) is 1.08. The van der Waals surface area contributed by atoms with Gasteiger partial charge in [0.1, 0.15) is 0 Å². The molecule has 0 spiro atoms. The largest absolute Gasteiger partial charge is 0.341 e. The van der Waals surface area contributed by atoms with E-state index in [0.717, 1.165) is 11.1 Å². The Hall–Kier alpha value is -2.60. The molecule has 3 rings (SSSR count). The summed E-state index contributed by atoms with van der Waals surface area (Å²) < 4.78 is 0. The van der Waals surface area contributed by atoms with Crippen LogP contribution >= 0.6 is 11.8 Å². The van der Waals surface area contributed by atoms with Crippen LogP contribution in [0.1, 0.15) is 5.56 Å². The summed E-state index contributed by atoms with van der Waals surface area (Å²) in [4.78, 5) is 18.4. The first-order valence-electron chi connectivity index (χ1n) is 7.61. The van der Waals surface area contributed by atoms with Crippen molar-refractivity contribution in [1.82, 2.24) is 20.1 Å². The van der Waals surface area contributed by atoms with Crippen molar-refractivity contribution < 1.29 is 4.79 Å². The third kappa shape index (κ3) is 4.23. The number of carbonyl (C=O) groups excluding carboxylic acids is 1. The summed E-state index contributed by atoms with van der Waals surface area (Å²) in [6.07, 6.45) is 0. The fourth-order valence-electron chi connectivity index (χ4n) is 2.22. The molecule has 0 saturated carbocycles. The zero-order chi connectivity index (χ0) is 16.8. The Labute approximate surface area is 145 Å². The van der Waals surface area contributed by atoms with Crippen molar-refractivity contribution in [2.45, 2.75) is 11.7 Å². The van der Waals surface area contributed by atoms with E-state index >= 15 is 0 Å². The highest BCUT2D eigenvalue weighted by Crippen LogP contribution is 2.19. The SMILES string of the molecule is CN(Cc1ccccc1)C(=O)CSc1n[nH]c(-c2ccccc2)n1. The molecule has 1 amide bonds. The van der Waals surface area contributed by atoms with E-state index in [0.29, 0.717) is 23.3 Å². The molecule has 0 atom stereocenters. The molecule has 0 saturated heterocycles. The first-order valence-corrected chi connectivity index (χ1v) is 8.59. The van der Waals surface area contributed by atoms with Crippen molar-refractivity contribution in [3.8, 4) is 11.4 Å². The van der Waals surface area contributed by atoms with Gasteiger partial charge in [-0.1, -0.05) is 72.4 Å². The third-order valence-electron chi connectivity index (χ3n) is 3.53. The van der Waals surface area contributed by atoms with E-state index in [1.165, 1.54) is 11.8 Å². The predicted octanol–water partition coefficient (Wildman–Crippen LogP) is 3.22. The van der Waals surface area contributed by atoms with Crippen LogP contribution in [0.15, 0.2) is 65.8 Å². The predicted molar refractivity (Wildman–Crippen MR) is 95.5 cm³/mol. The minimum atomic E-state index is 0.0508. The van der Waals surface area contributed by atoms with Crippen molar-refractivity contribution in [2.75, 3.05) is 12.8 Å². The Kier molecular flexibility index (Phi) is 5.28. The van der Waals surface area contributed by atoms with Crippen LogP contribution in [-0.4, -0.2) is 38.8 Å². The maximum absolute atomic E-state index is 12.2. The maximum Gasteiger partial charge on any atom is 0.233 e. The number of H-pyrrole nitrogens is 1. The number of benzene rings is 2. The van der Waals surface area contributed by atoms with Gasteiger partial charge in [0.25, 0.3) is 0 Å². The van der Waals surface area contributed by atoms with Crippen LogP contribution in [0.25, 0.3) is 11.4 Å². The van der Waals surface area contributed by atoms with Crippen molar-refractivity contribution in [3.63, 3.8) is 0 Å². The highest BCUT2D eigenvalue weighted by atomic mass is 32.2. The van der Waals surface area contributed by atoms with Crippen molar-refractivity contribution in [1.29, 1.82) is 0 Å². The van der Waals surface area contributed by atoms with Crippen LogP contribution in [0.2, 0.25) is 0 Å². The van der Waals surface area contributed by atoms with Crippen LogP contribution in [0, 0.1) is 0 Å². The van der Waals surface area contributed by atoms with Crippen molar-refractivity contribution >= 4 is 17.7 Å². The lowest BCUT2D eigenvalue weighted by molar-refractivity contribution is -0.127. The van der Waals surface area contributed by atoms with E-state index in [2.05, 4.69) is 15.2 Å². The Morgan fingerprint density at radius 2 is 1.75 bits per heavy atom. The van der Waals surface area contributed by atoms with Gasteiger partial charge in [0, 0.05) is 19.2 Å². The molecular weight excluding hydrogens is 320 g/mol. The van der Waals surface area contributed by atoms with E-state index < -0.39 is 0 Å². The topological polar surface area (TPSA) is 61.9 Å². The molecule has 24 heavy (non-hydrogen) atoms. The van der Waals surface area contributed by atoms with Gasteiger partial charge in [-0.05, 0) is 5.56 Å². The molecule has 122 valence electrons. The molecule has 0 unspecified atom stereocenters. The highest BCUT2D eigenvalue weighted by Gasteiger charge is 2.12. The van der Waals surface area contributed by atoms with E-state index in [9.17, 15) is 4.79 Å². The van der Waals surface area contributed by atoms with E-state index in [1.54, 1.807) is 4.90 Å². The lowest BCUT2D eigenvalue weighted by Gasteiger charge is -2.16. The van der Waals surface area contributed by atoms with Crippen molar-refractivity contribution in [2.24, 2.45) is 0 Å². The third-order valence-corrected chi connectivity index (χ3v) is 4.36. The van der Waals surface area contributed by atoms with Gasteiger partial charge >= 0.3 is 0 Å². The van der Waals surface area contributed by atoms with E-state index in [1.807, 2.05) is 67.7 Å². The second-order valence-corrected chi connectivity index (χ2v) is 6.30. The number of nitrogens with one attached hydrogen (secondary N) is 1. The van der Waals surface area contributed by atoms with E-state index in [4.69, 9.17) is 0 Å². The van der Waals surface area contributed by atoms with Crippen LogP contribution in [0.3, 0.4) is 0 Å². The summed E-state index contributed by atoms with van der Waals surface area (Å²) in [7, 11) is 1.81. The van der Waals surface area contributed by atoms with Gasteiger partial charge in [0.15, 0.2) is 5.82 Å². The molecule has 0 aliphatic rings. The number of aromatic nitrogens is 3. The molecule has 0 bridgehead atoms. The standard InChI is InChI=1S/C18H18N4OS/c1-22(12-14-8-4-2-5-9-14)16(23)13-24-18-19-17(20-21-18)15-10-6-3-7-11-15/h2-11H,12-13H2,1H3,(H,19,20,21). The average Bonchev–Trinajstić information content (AvgIpc) is 3.10. The van der Waals surface area contributed by atoms with Crippen LogP contribution in [-0.2, 0) is 11.3 Å². The number of thioether (sulfide) groups is 1. The molecule has 6 heteroatoms.